The van der Waals surface area contributed by atoms with Gasteiger partial charge in [0.2, 0.25) is 5.91 Å². The number of urea groups is 1. The van der Waals surface area contributed by atoms with E-state index in [-0.39, 0.29) is 11.9 Å². The Bertz CT molecular complexity index is 961. The van der Waals surface area contributed by atoms with E-state index in [0.29, 0.717) is 31.8 Å². The largest absolute Gasteiger partial charge is 0.497 e. The molecule has 2 aliphatic rings. The molecule has 0 aromatic heterocycles. The van der Waals surface area contributed by atoms with Crippen molar-refractivity contribution in [1.82, 2.24) is 10.2 Å². The molecule has 0 aliphatic carbocycles. The number of benzene rings is 2. The Morgan fingerprint density at radius 2 is 1.90 bits per heavy atom. The van der Waals surface area contributed by atoms with E-state index in [1.165, 1.54) is 0 Å². The lowest BCUT2D eigenvalue weighted by molar-refractivity contribution is -0.122. The third kappa shape index (κ3) is 3.16. The Morgan fingerprint density at radius 3 is 2.66 bits per heavy atom. The van der Waals surface area contributed by atoms with Crippen LogP contribution in [0.25, 0.3) is 0 Å². The normalized spacial score (nSPS) is 20.2. The highest BCUT2D eigenvalue weighted by atomic mass is 16.5. The van der Waals surface area contributed by atoms with Crippen molar-refractivity contribution in [2.24, 2.45) is 0 Å². The van der Waals surface area contributed by atoms with E-state index in [1.54, 1.807) is 31.1 Å². The van der Waals surface area contributed by atoms with Crippen LogP contribution < -0.4 is 19.7 Å². The van der Waals surface area contributed by atoms with Crippen molar-refractivity contribution >= 4 is 17.6 Å². The lowest BCUT2D eigenvalue weighted by Crippen LogP contribution is -2.44. The second-order valence-corrected chi connectivity index (χ2v) is 7.51. The molecule has 1 atom stereocenters. The van der Waals surface area contributed by atoms with Crippen LogP contribution in [-0.4, -0.2) is 51.2 Å². The molecule has 1 spiro atoms. The number of nitrogens with one attached hydrogen (secondary N) is 1. The molecule has 3 amide bonds. The molecular weight excluding hydrogens is 370 g/mol. The molecule has 2 heterocycles. The number of fused-ring (bicyclic) bond motifs is 2. The van der Waals surface area contributed by atoms with E-state index >= 15 is 0 Å². The molecule has 152 valence electrons. The number of amides is 3. The van der Waals surface area contributed by atoms with Crippen LogP contribution in [-0.2, 0) is 16.8 Å². The zero-order chi connectivity index (χ0) is 20.6. The quantitative estimate of drug-likeness (QED) is 0.864. The summed E-state index contributed by atoms with van der Waals surface area (Å²) >= 11 is 0. The lowest BCUT2D eigenvalue weighted by atomic mass is 9.81. The molecular formula is C22H25N3O4. The highest BCUT2D eigenvalue weighted by Crippen LogP contribution is 2.47. The third-order valence-corrected chi connectivity index (χ3v) is 5.93. The van der Waals surface area contributed by atoms with Gasteiger partial charge in [0, 0.05) is 32.4 Å². The monoisotopic (exact) mass is 395 g/mol. The zero-order valence-corrected chi connectivity index (χ0v) is 16.9. The number of anilines is 1. The van der Waals surface area contributed by atoms with Crippen molar-refractivity contribution in [3.8, 4) is 11.5 Å². The molecule has 2 aliphatic heterocycles. The molecule has 1 unspecified atom stereocenters. The molecule has 0 bridgehead atoms. The number of hydrogen-bond acceptors (Lipinski definition) is 4. The first-order valence-corrected chi connectivity index (χ1v) is 9.61. The molecule has 2 aromatic rings. The first-order chi connectivity index (χ1) is 14.0. The Morgan fingerprint density at radius 1 is 1.14 bits per heavy atom. The molecule has 1 fully saturated rings. The van der Waals surface area contributed by atoms with Crippen molar-refractivity contribution in [1.29, 1.82) is 0 Å². The van der Waals surface area contributed by atoms with Gasteiger partial charge in [-0.05, 0) is 47.9 Å². The molecule has 7 nitrogen and oxygen atoms in total. The Hall–Kier alpha value is -3.22. The van der Waals surface area contributed by atoms with Crippen LogP contribution >= 0.6 is 0 Å². The van der Waals surface area contributed by atoms with Gasteiger partial charge in [0.25, 0.3) is 0 Å². The van der Waals surface area contributed by atoms with Crippen molar-refractivity contribution < 1.29 is 19.1 Å². The van der Waals surface area contributed by atoms with Gasteiger partial charge in [-0.2, -0.15) is 0 Å². The summed E-state index contributed by atoms with van der Waals surface area (Å²) in [6.07, 6.45) is 0.600. The fourth-order valence-corrected chi connectivity index (χ4v) is 4.31. The summed E-state index contributed by atoms with van der Waals surface area (Å²) in [5, 5.41) is 2.95. The first-order valence-electron chi connectivity index (χ1n) is 9.61. The van der Waals surface area contributed by atoms with E-state index in [2.05, 4.69) is 5.32 Å². The number of hydrogen-bond donors (Lipinski definition) is 1. The van der Waals surface area contributed by atoms with Crippen LogP contribution in [0.3, 0.4) is 0 Å². The van der Waals surface area contributed by atoms with Crippen LogP contribution in [0.2, 0.25) is 0 Å². The van der Waals surface area contributed by atoms with Gasteiger partial charge in [-0.25, -0.2) is 4.79 Å². The van der Waals surface area contributed by atoms with Crippen LogP contribution in [0.1, 0.15) is 17.5 Å². The molecule has 0 saturated carbocycles. The Kier molecular flexibility index (Phi) is 4.82. The van der Waals surface area contributed by atoms with Crippen molar-refractivity contribution in [3.05, 3.63) is 53.6 Å². The second kappa shape index (κ2) is 7.31. The maximum Gasteiger partial charge on any atom is 0.317 e. The van der Waals surface area contributed by atoms with Gasteiger partial charge >= 0.3 is 6.03 Å². The van der Waals surface area contributed by atoms with E-state index in [9.17, 15) is 9.59 Å². The summed E-state index contributed by atoms with van der Waals surface area (Å²) in [6, 6.07) is 13.1. The zero-order valence-electron chi connectivity index (χ0n) is 16.9. The van der Waals surface area contributed by atoms with Gasteiger partial charge < -0.3 is 24.6 Å². The smallest absolute Gasteiger partial charge is 0.317 e. The lowest BCUT2D eigenvalue weighted by Gasteiger charge is -2.24. The summed E-state index contributed by atoms with van der Waals surface area (Å²) < 4.78 is 10.6. The fraction of sp³-hybridized carbons (Fsp3) is 0.364. The number of likely N-dealkylation sites (N-methyl/N-ethyl adjacent to an activating group) is 1. The molecule has 1 saturated heterocycles. The van der Waals surface area contributed by atoms with Crippen LogP contribution in [0, 0.1) is 0 Å². The van der Waals surface area contributed by atoms with Gasteiger partial charge in [0.1, 0.15) is 11.5 Å². The molecule has 0 radical (unpaired) electrons. The van der Waals surface area contributed by atoms with Crippen molar-refractivity contribution in [2.75, 3.05) is 39.3 Å². The first kappa shape index (κ1) is 19.1. The number of carbonyl (C=O) groups is 2. The Balaban J connectivity index is 1.50. The van der Waals surface area contributed by atoms with Crippen molar-refractivity contribution in [2.45, 2.75) is 18.4 Å². The van der Waals surface area contributed by atoms with Gasteiger partial charge in [-0.15, -0.1) is 0 Å². The highest BCUT2D eigenvalue weighted by Gasteiger charge is 2.54. The highest BCUT2D eigenvalue weighted by molar-refractivity contribution is 6.08. The molecule has 7 heteroatoms. The molecule has 2 aromatic carbocycles. The number of carbonyl (C=O) groups excluding carboxylic acids is 2. The van der Waals surface area contributed by atoms with Gasteiger partial charge in [0.15, 0.2) is 0 Å². The van der Waals surface area contributed by atoms with Gasteiger partial charge in [-0.3, -0.25) is 4.79 Å². The summed E-state index contributed by atoms with van der Waals surface area (Å²) in [4.78, 5) is 29.3. The topological polar surface area (TPSA) is 71.1 Å². The molecule has 1 N–H and O–H groups in total. The number of nitrogens with zero attached hydrogens (tertiary/aromatic N) is 2. The second-order valence-electron chi connectivity index (χ2n) is 7.51. The predicted molar refractivity (Wildman–Crippen MR) is 110 cm³/mol. The van der Waals surface area contributed by atoms with Crippen LogP contribution in [0.5, 0.6) is 11.5 Å². The number of methoxy groups -OCH3 is 2. The van der Waals surface area contributed by atoms with Crippen LogP contribution in [0.4, 0.5) is 10.5 Å². The Labute approximate surface area is 170 Å². The van der Waals surface area contributed by atoms with Gasteiger partial charge in [0.05, 0.1) is 19.6 Å². The minimum Gasteiger partial charge on any atom is -0.497 e. The minimum atomic E-state index is -0.702. The maximum atomic E-state index is 13.1. The van der Waals surface area contributed by atoms with E-state index in [4.69, 9.17) is 9.47 Å². The summed E-state index contributed by atoms with van der Waals surface area (Å²) in [5.41, 5.74) is 2.08. The third-order valence-electron chi connectivity index (χ3n) is 5.93. The number of likely N-dealkylation sites (tertiary alicyclic amines) is 1. The summed E-state index contributed by atoms with van der Waals surface area (Å²) in [5.74, 6) is 1.50. The van der Waals surface area contributed by atoms with E-state index < -0.39 is 5.41 Å². The predicted octanol–water partition coefficient (Wildman–Crippen LogP) is 2.53. The number of ether oxygens (including phenoxy) is 2. The maximum absolute atomic E-state index is 13.1. The summed E-state index contributed by atoms with van der Waals surface area (Å²) in [6.45, 7) is 1.29. The molecule has 4 rings (SSSR count). The fourth-order valence-electron chi connectivity index (χ4n) is 4.31. The van der Waals surface area contributed by atoms with Gasteiger partial charge in [-0.1, -0.05) is 12.1 Å². The number of rotatable bonds is 4. The molecule has 29 heavy (non-hydrogen) atoms. The van der Waals surface area contributed by atoms with Crippen molar-refractivity contribution in [3.63, 3.8) is 0 Å². The SMILES string of the molecule is COc1cccc(CNC(=O)N2CCC3(C2)C(=O)N(C)c2ccc(OC)cc23)c1. The average molecular weight is 395 g/mol. The summed E-state index contributed by atoms with van der Waals surface area (Å²) in [7, 11) is 5.01. The van der Waals surface area contributed by atoms with E-state index in [1.807, 2.05) is 42.5 Å². The van der Waals surface area contributed by atoms with Crippen LogP contribution in [0.15, 0.2) is 42.5 Å². The minimum absolute atomic E-state index is 0.0313. The average Bonchev–Trinajstić information content (AvgIpc) is 3.29. The standard InChI is InChI=1S/C22H25N3O4/c1-24-19-8-7-17(29-3)12-18(19)22(20(24)26)9-10-25(14-22)21(27)23-13-15-5-4-6-16(11-15)28-2/h4-8,11-12H,9-10,13-14H2,1-3H3,(H,23,27). The van der Waals surface area contributed by atoms with E-state index in [0.717, 1.165) is 22.6 Å².